The van der Waals surface area contributed by atoms with Gasteiger partial charge in [0.15, 0.2) is 5.69 Å². The molecule has 3 heterocycles. The summed E-state index contributed by atoms with van der Waals surface area (Å²) in [5.74, 6) is 1.07. The number of piperazine rings is 1. The van der Waals surface area contributed by atoms with Crippen molar-refractivity contribution in [3.8, 4) is 0 Å². The highest BCUT2D eigenvalue weighted by molar-refractivity contribution is 5.95. The number of aliphatic hydroxyl groups is 1. The number of carbonyl (C=O) groups excluding carboxylic acids is 2. The van der Waals surface area contributed by atoms with Gasteiger partial charge in [-0.05, 0) is 75.5 Å². The van der Waals surface area contributed by atoms with E-state index in [0.29, 0.717) is 50.0 Å². The summed E-state index contributed by atoms with van der Waals surface area (Å²) in [5.41, 5.74) is 6.58. The van der Waals surface area contributed by atoms with Crippen molar-refractivity contribution in [1.29, 1.82) is 0 Å². The van der Waals surface area contributed by atoms with E-state index in [1.165, 1.54) is 16.8 Å². The molecule has 2 aromatic rings. The highest BCUT2D eigenvalue weighted by Gasteiger charge is 2.51. The van der Waals surface area contributed by atoms with Gasteiger partial charge >= 0.3 is 0 Å². The van der Waals surface area contributed by atoms with E-state index < -0.39 is 0 Å². The third-order valence-electron chi connectivity index (χ3n) is 8.99. The van der Waals surface area contributed by atoms with Crippen LogP contribution >= 0.6 is 0 Å². The molecule has 4 atom stereocenters. The van der Waals surface area contributed by atoms with Crippen LogP contribution in [-0.4, -0.2) is 81.4 Å². The van der Waals surface area contributed by atoms with Crippen molar-refractivity contribution in [3.05, 3.63) is 46.3 Å². The maximum absolute atomic E-state index is 13.5. The number of nitrogens with zero attached hydrogens (tertiary/aromatic N) is 5. The van der Waals surface area contributed by atoms with E-state index in [1.807, 2.05) is 21.4 Å². The lowest BCUT2D eigenvalue weighted by Crippen LogP contribution is -2.50. The largest absolute Gasteiger partial charge is 0.393 e. The number of likely N-dealkylation sites (tertiary alicyclic amines) is 1. The van der Waals surface area contributed by atoms with Crippen LogP contribution in [-0.2, 0) is 17.8 Å². The minimum absolute atomic E-state index is 0.00609. The number of benzene rings is 1. The Hall–Kier alpha value is -2.87. The average molecular weight is 492 g/mol. The molecule has 1 saturated carbocycles. The van der Waals surface area contributed by atoms with Gasteiger partial charge in [-0.2, -0.15) is 5.10 Å². The van der Waals surface area contributed by atoms with E-state index in [4.69, 9.17) is 5.10 Å². The van der Waals surface area contributed by atoms with Crippen LogP contribution in [0.1, 0.15) is 65.0 Å². The molecule has 2 aliphatic carbocycles. The topological polar surface area (TPSA) is 81.9 Å². The van der Waals surface area contributed by atoms with Gasteiger partial charge in [0.25, 0.3) is 5.91 Å². The van der Waals surface area contributed by atoms with Crippen LogP contribution < -0.4 is 4.90 Å². The number of carbonyl (C=O) groups is 2. The van der Waals surface area contributed by atoms with Crippen LogP contribution in [0.5, 0.6) is 0 Å². The Kier molecular flexibility index (Phi) is 5.82. The quantitative estimate of drug-likeness (QED) is 0.711. The summed E-state index contributed by atoms with van der Waals surface area (Å²) in [7, 11) is 0. The molecular weight excluding hydrogens is 454 g/mol. The Morgan fingerprint density at radius 3 is 2.61 bits per heavy atom. The summed E-state index contributed by atoms with van der Waals surface area (Å²) in [6.45, 7) is 10.1. The highest BCUT2D eigenvalue weighted by atomic mass is 16.3. The van der Waals surface area contributed by atoms with E-state index in [1.54, 1.807) is 0 Å². The van der Waals surface area contributed by atoms with Crippen molar-refractivity contribution < 1.29 is 14.7 Å². The molecule has 6 rings (SSSR count). The third-order valence-corrected chi connectivity index (χ3v) is 8.99. The van der Waals surface area contributed by atoms with Gasteiger partial charge in [-0.3, -0.25) is 14.3 Å². The van der Waals surface area contributed by atoms with Crippen molar-refractivity contribution in [2.24, 2.45) is 5.92 Å². The van der Waals surface area contributed by atoms with Crippen molar-refractivity contribution in [2.75, 3.05) is 37.6 Å². The molecule has 2 saturated heterocycles. The zero-order valence-electron chi connectivity index (χ0n) is 21.6. The van der Waals surface area contributed by atoms with Gasteiger partial charge in [0, 0.05) is 55.7 Å². The minimum Gasteiger partial charge on any atom is -0.393 e. The molecule has 0 unspecified atom stereocenters. The molecule has 0 radical (unpaired) electrons. The average Bonchev–Trinajstić information content (AvgIpc) is 3.39. The first-order chi connectivity index (χ1) is 17.3. The first kappa shape index (κ1) is 23.5. The molecule has 36 heavy (non-hydrogen) atoms. The number of fused-ring (bicyclic) bond motifs is 3. The molecule has 8 nitrogen and oxygen atoms in total. The van der Waals surface area contributed by atoms with Crippen LogP contribution in [0.3, 0.4) is 0 Å². The number of aromatic nitrogens is 2. The van der Waals surface area contributed by atoms with Gasteiger partial charge in [0.2, 0.25) is 5.91 Å². The fraction of sp³-hybridized carbons (Fsp3) is 0.607. The fourth-order valence-corrected chi connectivity index (χ4v) is 6.57. The van der Waals surface area contributed by atoms with Gasteiger partial charge in [0.05, 0.1) is 6.10 Å². The van der Waals surface area contributed by atoms with E-state index in [-0.39, 0.29) is 30.5 Å². The summed E-state index contributed by atoms with van der Waals surface area (Å²) in [6, 6.07) is 6.40. The van der Waals surface area contributed by atoms with Gasteiger partial charge in [-0.25, -0.2) is 0 Å². The second-order valence-corrected chi connectivity index (χ2v) is 11.3. The van der Waals surface area contributed by atoms with Crippen molar-refractivity contribution >= 4 is 17.5 Å². The molecule has 1 aromatic heterocycles. The molecular formula is C28H37N5O3. The predicted molar refractivity (Wildman–Crippen MR) is 137 cm³/mol. The zero-order chi connectivity index (χ0) is 25.1. The van der Waals surface area contributed by atoms with Crippen LogP contribution in [0, 0.1) is 19.8 Å². The number of aliphatic hydroxyl groups excluding tert-OH is 1. The Morgan fingerprint density at radius 2 is 1.86 bits per heavy atom. The SMILES string of the molecule is Cc1cccc(N2CCN(C(=O)Cn3nc(C(=O)N4CC[C@@H](O)C[C@H]4C)c4c3C[C@H]3C[C@@H]43)CC2)c1C. The molecule has 1 aromatic carbocycles. The second-order valence-electron chi connectivity index (χ2n) is 11.3. The predicted octanol–water partition coefficient (Wildman–Crippen LogP) is 2.49. The Labute approximate surface area is 212 Å². The number of hydrogen-bond donors (Lipinski definition) is 1. The minimum atomic E-state index is -0.340. The molecule has 4 aliphatic rings. The summed E-state index contributed by atoms with van der Waals surface area (Å²) >= 11 is 0. The smallest absolute Gasteiger partial charge is 0.274 e. The van der Waals surface area contributed by atoms with Crippen LogP contribution in [0.15, 0.2) is 18.2 Å². The summed E-state index contributed by atoms with van der Waals surface area (Å²) < 4.78 is 1.83. The standard InChI is InChI=1S/C28H37N5O3/c1-17-5-4-6-23(19(17)3)30-9-11-31(12-10-30)25(35)16-33-24-15-20-14-22(20)26(24)27(29-33)28(36)32-8-7-21(34)13-18(32)2/h4-6,18,20-22,34H,7-16H2,1-3H3/t18-,20-,21-,22-/m1/s1. The third kappa shape index (κ3) is 3.99. The number of amides is 2. The van der Waals surface area contributed by atoms with Crippen LogP contribution in [0.2, 0.25) is 0 Å². The molecule has 2 aliphatic heterocycles. The van der Waals surface area contributed by atoms with E-state index in [9.17, 15) is 14.7 Å². The summed E-state index contributed by atoms with van der Waals surface area (Å²) in [4.78, 5) is 33.0. The Morgan fingerprint density at radius 1 is 1.08 bits per heavy atom. The van der Waals surface area contributed by atoms with Gasteiger partial charge < -0.3 is 19.8 Å². The Balaban J connectivity index is 1.15. The lowest BCUT2D eigenvalue weighted by Gasteiger charge is -2.37. The van der Waals surface area contributed by atoms with E-state index >= 15 is 0 Å². The normalized spacial score (nSPS) is 27.2. The number of rotatable bonds is 4. The van der Waals surface area contributed by atoms with Crippen molar-refractivity contribution in [1.82, 2.24) is 19.6 Å². The Bertz CT molecular complexity index is 1200. The first-order valence-electron chi connectivity index (χ1n) is 13.5. The van der Waals surface area contributed by atoms with E-state index in [0.717, 1.165) is 37.2 Å². The van der Waals surface area contributed by atoms with Gasteiger partial charge in [-0.1, -0.05) is 12.1 Å². The first-order valence-corrected chi connectivity index (χ1v) is 13.5. The fourth-order valence-electron chi connectivity index (χ4n) is 6.57. The maximum atomic E-state index is 13.5. The van der Waals surface area contributed by atoms with E-state index in [2.05, 4.69) is 36.9 Å². The van der Waals surface area contributed by atoms with Gasteiger partial charge in [0.1, 0.15) is 6.54 Å². The number of aryl methyl sites for hydroxylation is 1. The summed E-state index contributed by atoms with van der Waals surface area (Å²) in [5, 5.41) is 14.7. The lowest BCUT2D eigenvalue weighted by atomic mass is 9.99. The summed E-state index contributed by atoms with van der Waals surface area (Å²) in [6.07, 6.45) is 2.92. The molecule has 2 amide bonds. The molecule has 0 bridgehead atoms. The monoisotopic (exact) mass is 491 g/mol. The molecule has 0 spiro atoms. The second kappa shape index (κ2) is 8.91. The van der Waals surface area contributed by atoms with Crippen LogP contribution in [0.25, 0.3) is 0 Å². The number of anilines is 1. The van der Waals surface area contributed by atoms with Crippen LogP contribution in [0.4, 0.5) is 5.69 Å². The molecule has 8 heteroatoms. The number of piperidine rings is 1. The molecule has 192 valence electrons. The lowest BCUT2D eigenvalue weighted by molar-refractivity contribution is -0.132. The van der Waals surface area contributed by atoms with Gasteiger partial charge in [-0.15, -0.1) is 0 Å². The van der Waals surface area contributed by atoms with Crippen molar-refractivity contribution in [2.45, 2.75) is 71.1 Å². The highest BCUT2D eigenvalue weighted by Crippen LogP contribution is 2.57. The maximum Gasteiger partial charge on any atom is 0.274 e. The van der Waals surface area contributed by atoms with Crippen molar-refractivity contribution in [3.63, 3.8) is 0 Å². The number of hydrogen-bond acceptors (Lipinski definition) is 5. The molecule has 3 fully saturated rings. The molecule has 1 N–H and O–H groups in total. The zero-order valence-corrected chi connectivity index (χ0v) is 21.6.